The van der Waals surface area contributed by atoms with Crippen molar-refractivity contribution >= 4 is 6.08 Å². The van der Waals surface area contributed by atoms with E-state index in [-0.39, 0.29) is 4.65 Å². The van der Waals surface area contributed by atoms with Crippen molar-refractivity contribution < 1.29 is 4.65 Å². The Labute approximate surface area is 84.6 Å². The molecule has 0 N–H and O–H groups in total. The van der Waals surface area contributed by atoms with Gasteiger partial charge in [0.1, 0.15) is 0 Å². The van der Waals surface area contributed by atoms with Crippen LogP contribution in [0.4, 0.5) is 0 Å². The fourth-order valence-corrected chi connectivity index (χ4v) is 1.81. The molecule has 0 radical (unpaired) electrons. The molecule has 1 aromatic rings. The highest BCUT2D eigenvalue weighted by atomic mass is 16.5. The molecule has 1 heterocycles. The second kappa shape index (κ2) is 3.95. The molecule has 0 aliphatic carbocycles. The maximum absolute atomic E-state index is 11.9. The van der Waals surface area contributed by atoms with Crippen LogP contribution in [-0.2, 0) is 0 Å². The first-order valence-electron chi connectivity index (χ1n) is 5.11. The van der Waals surface area contributed by atoms with Crippen LogP contribution in [-0.4, -0.2) is 17.7 Å². The summed E-state index contributed by atoms with van der Waals surface area (Å²) in [5.41, 5.74) is 1.10. The van der Waals surface area contributed by atoms with Gasteiger partial charge in [-0.25, -0.2) is 0 Å². The lowest BCUT2D eigenvalue weighted by Gasteiger charge is -2.33. The van der Waals surface area contributed by atoms with Gasteiger partial charge in [-0.2, -0.15) is 0 Å². The molecule has 0 spiro atoms. The molecular formula is C12H15NO. The Morgan fingerprint density at radius 3 is 2.36 bits per heavy atom. The van der Waals surface area contributed by atoms with Crippen molar-refractivity contribution in [3.05, 3.63) is 47.3 Å². The summed E-state index contributed by atoms with van der Waals surface area (Å²) >= 11 is 0. The van der Waals surface area contributed by atoms with Crippen molar-refractivity contribution in [1.82, 2.24) is 0 Å². The molecule has 1 aromatic carbocycles. The van der Waals surface area contributed by atoms with Gasteiger partial charge in [0.25, 0.3) is 0 Å². The predicted molar refractivity (Wildman–Crippen MR) is 58.1 cm³/mol. The Hall–Kier alpha value is -1.12. The van der Waals surface area contributed by atoms with Gasteiger partial charge in [-0.3, -0.25) is 0 Å². The molecule has 2 rings (SSSR count). The predicted octanol–water partition coefficient (Wildman–Crippen LogP) is 2.77. The van der Waals surface area contributed by atoms with E-state index in [0.717, 1.165) is 31.5 Å². The minimum absolute atomic E-state index is 0.144. The molecular weight excluding hydrogens is 174 g/mol. The average Bonchev–Trinajstić information content (AvgIpc) is 2.65. The molecule has 14 heavy (non-hydrogen) atoms. The van der Waals surface area contributed by atoms with E-state index in [2.05, 4.69) is 0 Å². The quantitative estimate of drug-likeness (QED) is 0.518. The molecule has 0 saturated carbocycles. The molecule has 1 saturated heterocycles. The summed E-state index contributed by atoms with van der Waals surface area (Å²) in [6.45, 7) is 1.48. The zero-order valence-electron chi connectivity index (χ0n) is 8.23. The summed E-state index contributed by atoms with van der Waals surface area (Å²) < 4.78 is -0.144. The maximum Gasteiger partial charge on any atom is 0.0964 e. The van der Waals surface area contributed by atoms with Crippen molar-refractivity contribution in [3.63, 3.8) is 0 Å². The third-order valence-electron chi connectivity index (χ3n) is 2.66. The molecule has 2 heteroatoms. The Morgan fingerprint density at radius 2 is 1.71 bits per heavy atom. The van der Waals surface area contributed by atoms with Gasteiger partial charge in [-0.05, 0) is 11.6 Å². The van der Waals surface area contributed by atoms with Crippen LogP contribution in [0.5, 0.6) is 0 Å². The SMILES string of the molecule is [O-][N+]1(C=Cc2ccccc2)CCCC1. The molecule has 1 fully saturated rings. The van der Waals surface area contributed by atoms with Crippen molar-refractivity contribution in [2.75, 3.05) is 13.1 Å². The number of hydrogen-bond acceptors (Lipinski definition) is 1. The van der Waals surface area contributed by atoms with Crippen LogP contribution in [0.25, 0.3) is 6.08 Å². The Bertz CT molecular complexity index is 312. The average molecular weight is 189 g/mol. The summed E-state index contributed by atoms with van der Waals surface area (Å²) in [6.07, 6.45) is 5.83. The van der Waals surface area contributed by atoms with Crippen molar-refractivity contribution in [2.24, 2.45) is 0 Å². The van der Waals surface area contributed by atoms with Crippen LogP contribution in [0, 0.1) is 5.21 Å². The summed E-state index contributed by atoms with van der Waals surface area (Å²) in [4.78, 5) is 0. The van der Waals surface area contributed by atoms with E-state index in [1.165, 1.54) is 0 Å². The van der Waals surface area contributed by atoms with E-state index in [1.807, 2.05) is 36.4 Å². The Morgan fingerprint density at radius 1 is 1.07 bits per heavy atom. The number of likely N-dealkylation sites (tertiary alicyclic amines) is 1. The van der Waals surface area contributed by atoms with E-state index < -0.39 is 0 Å². The normalized spacial score (nSPS) is 20.4. The highest BCUT2D eigenvalue weighted by Crippen LogP contribution is 2.19. The third kappa shape index (κ3) is 2.22. The smallest absolute Gasteiger partial charge is 0.0964 e. The van der Waals surface area contributed by atoms with Crippen LogP contribution >= 0.6 is 0 Å². The van der Waals surface area contributed by atoms with Crippen LogP contribution in [0.1, 0.15) is 18.4 Å². The molecule has 0 bridgehead atoms. The van der Waals surface area contributed by atoms with Crippen molar-refractivity contribution in [1.29, 1.82) is 0 Å². The molecule has 0 aromatic heterocycles. The van der Waals surface area contributed by atoms with Gasteiger partial charge in [0.05, 0.1) is 19.3 Å². The lowest BCUT2D eigenvalue weighted by molar-refractivity contribution is -0.814. The molecule has 0 unspecified atom stereocenters. The zero-order chi connectivity index (χ0) is 9.86. The van der Waals surface area contributed by atoms with Crippen LogP contribution in [0.3, 0.4) is 0 Å². The highest BCUT2D eigenvalue weighted by molar-refractivity contribution is 5.47. The first-order chi connectivity index (χ1) is 6.79. The summed E-state index contributed by atoms with van der Waals surface area (Å²) in [5.74, 6) is 0. The lowest BCUT2D eigenvalue weighted by Crippen LogP contribution is -2.31. The van der Waals surface area contributed by atoms with Crippen LogP contribution in [0.15, 0.2) is 36.5 Å². The van der Waals surface area contributed by atoms with Gasteiger partial charge < -0.3 is 9.85 Å². The maximum atomic E-state index is 11.9. The second-order valence-corrected chi connectivity index (χ2v) is 3.83. The summed E-state index contributed by atoms with van der Waals surface area (Å²) in [5, 5.41) is 11.9. The second-order valence-electron chi connectivity index (χ2n) is 3.83. The zero-order valence-corrected chi connectivity index (χ0v) is 8.23. The molecule has 2 nitrogen and oxygen atoms in total. The van der Waals surface area contributed by atoms with Gasteiger partial charge in [-0.15, -0.1) is 0 Å². The number of rotatable bonds is 2. The van der Waals surface area contributed by atoms with Gasteiger partial charge in [-0.1, -0.05) is 30.3 Å². The van der Waals surface area contributed by atoms with Gasteiger partial charge in [0, 0.05) is 12.8 Å². The molecule has 74 valence electrons. The Kier molecular flexibility index (Phi) is 2.66. The van der Waals surface area contributed by atoms with Crippen LogP contribution in [0.2, 0.25) is 0 Å². The number of hydrogen-bond donors (Lipinski definition) is 0. The standard InChI is InChI=1S/C12H15NO/c14-13(9-4-5-10-13)11-8-12-6-2-1-3-7-12/h1-3,6-8,11H,4-5,9-10H2. The molecule has 1 aliphatic rings. The minimum Gasteiger partial charge on any atom is -0.628 e. The molecule has 0 atom stereocenters. The van der Waals surface area contributed by atoms with E-state index in [9.17, 15) is 5.21 Å². The number of nitrogens with zero attached hydrogens (tertiary/aromatic N) is 1. The number of benzene rings is 1. The fourth-order valence-electron chi connectivity index (χ4n) is 1.81. The minimum atomic E-state index is -0.144. The van der Waals surface area contributed by atoms with E-state index in [1.54, 1.807) is 6.20 Å². The van der Waals surface area contributed by atoms with E-state index >= 15 is 0 Å². The van der Waals surface area contributed by atoms with Crippen LogP contribution < -0.4 is 0 Å². The largest absolute Gasteiger partial charge is 0.628 e. The number of quaternary nitrogens is 1. The highest BCUT2D eigenvalue weighted by Gasteiger charge is 2.19. The van der Waals surface area contributed by atoms with Gasteiger partial charge >= 0.3 is 0 Å². The van der Waals surface area contributed by atoms with E-state index in [4.69, 9.17) is 0 Å². The first-order valence-corrected chi connectivity index (χ1v) is 5.11. The summed E-state index contributed by atoms with van der Waals surface area (Å²) in [6, 6.07) is 9.98. The topological polar surface area (TPSA) is 23.1 Å². The molecule has 0 amide bonds. The van der Waals surface area contributed by atoms with Crippen molar-refractivity contribution in [3.8, 4) is 0 Å². The third-order valence-corrected chi connectivity index (χ3v) is 2.66. The fraction of sp³-hybridized carbons (Fsp3) is 0.333. The monoisotopic (exact) mass is 189 g/mol. The first kappa shape index (κ1) is 9.44. The van der Waals surface area contributed by atoms with Gasteiger partial charge in [0.15, 0.2) is 0 Å². The Balaban J connectivity index is 2.06. The lowest BCUT2D eigenvalue weighted by atomic mass is 10.2. The molecule has 1 aliphatic heterocycles. The number of hydroxylamine groups is 3. The summed E-state index contributed by atoms with van der Waals surface area (Å²) in [7, 11) is 0. The van der Waals surface area contributed by atoms with Crippen molar-refractivity contribution in [2.45, 2.75) is 12.8 Å². The van der Waals surface area contributed by atoms with E-state index in [0.29, 0.717) is 0 Å². The van der Waals surface area contributed by atoms with Gasteiger partial charge in [0.2, 0.25) is 0 Å².